The normalized spacial score (nSPS) is 9.59. The predicted octanol–water partition coefficient (Wildman–Crippen LogP) is 5.87. The third-order valence-electron chi connectivity index (χ3n) is 3.65. The van der Waals surface area contributed by atoms with Gasteiger partial charge in [0.05, 0.1) is 0 Å². The first-order valence-corrected chi connectivity index (χ1v) is 10.0. The molecule has 0 atom stereocenters. The predicted molar refractivity (Wildman–Crippen MR) is 113 cm³/mol. The van der Waals surface area contributed by atoms with E-state index < -0.39 is 7.92 Å². The van der Waals surface area contributed by atoms with E-state index in [0.717, 1.165) is 5.30 Å². The first-order chi connectivity index (χ1) is 12.3. The molecule has 0 heterocycles. The van der Waals surface area contributed by atoms with Crippen molar-refractivity contribution in [3.63, 3.8) is 0 Å². The molecular formula is C22H17Cl2FePPd-6. The summed E-state index contributed by atoms with van der Waals surface area (Å²) < 4.78 is 0. The molecule has 0 N–H and O–H groups in total. The van der Waals surface area contributed by atoms with E-state index in [1.54, 1.807) is 0 Å². The molecule has 0 bridgehead atoms. The van der Waals surface area contributed by atoms with Crippen LogP contribution in [0, 0.1) is 0 Å². The Kier molecular flexibility index (Phi) is 11.5. The van der Waals surface area contributed by atoms with Crippen LogP contribution in [0.5, 0.6) is 0 Å². The SMILES string of the molecule is Clc1c(P(c2ccccc2)c2ccccc2)cc[c-]1Cl.[Fe].[Pd].[cH-]1[cH-][cH-][cH-][cH-]1. The number of hydrogen-bond donors (Lipinski definition) is 0. The third-order valence-corrected chi connectivity index (χ3v) is 7.08. The first-order valence-electron chi connectivity index (χ1n) is 7.95. The summed E-state index contributed by atoms with van der Waals surface area (Å²) >= 11 is 12.5. The Morgan fingerprint density at radius 1 is 0.704 bits per heavy atom. The van der Waals surface area contributed by atoms with Crippen molar-refractivity contribution in [3.05, 3.63) is 113 Å². The van der Waals surface area contributed by atoms with E-state index >= 15 is 0 Å². The minimum Gasteiger partial charge on any atom is -0.748 e. The van der Waals surface area contributed by atoms with E-state index in [-0.39, 0.29) is 37.5 Å². The van der Waals surface area contributed by atoms with Crippen LogP contribution in [-0.4, -0.2) is 0 Å². The Morgan fingerprint density at radius 2 is 1.11 bits per heavy atom. The molecule has 148 valence electrons. The van der Waals surface area contributed by atoms with Crippen LogP contribution in [0.2, 0.25) is 10.0 Å². The molecule has 4 rings (SSSR count). The maximum atomic E-state index is 6.39. The summed E-state index contributed by atoms with van der Waals surface area (Å²) in [7, 11) is -0.662. The van der Waals surface area contributed by atoms with Crippen LogP contribution in [0.15, 0.2) is 103 Å². The first kappa shape index (κ1) is 24.4. The van der Waals surface area contributed by atoms with Crippen LogP contribution >= 0.6 is 31.1 Å². The van der Waals surface area contributed by atoms with Gasteiger partial charge in [-0.15, -0.1) is 16.9 Å². The molecule has 0 aliphatic heterocycles. The van der Waals surface area contributed by atoms with Gasteiger partial charge in [-0.05, 0) is 10.6 Å². The van der Waals surface area contributed by atoms with Crippen LogP contribution in [0.25, 0.3) is 0 Å². The summed E-state index contributed by atoms with van der Waals surface area (Å²) in [5, 5.41) is 4.96. The van der Waals surface area contributed by atoms with Gasteiger partial charge in [0.1, 0.15) is 0 Å². The average Bonchev–Trinajstić information content (AvgIpc) is 3.34. The second kappa shape index (κ2) is 12.7. The quantitative estimate of drug-likeness (QED) is 0.172. The Hall–Kier alpha value is -0.668. The molecule has 0 aliphatic carbocycles. The van der Waals surface area contributed by atoms with Crippen LogP contribution in [0.4, 0.5) is 0 Å². The molecule has 0 spiro atoms. The van der Waals surface area contributed by atoms with E-state index in [1.165, 1.54) is 10.6 Å². The molecule has 0 aromatic heterocycles. The zero-order valence-corrected chi connectivity index (χ0v) is 19.3. The Balaban J connectivity index is 0.000000455. The largest absolute Gasteiger partial charge is 0.748 e. The molecule has 4 aromatic rings. The smallest absolute Gasteiger partial charge is 0 e. The average molecular weight is 546 g/mol. The van der Waals surface area contributed by atoms with E-state index in [9.17, 15) is 0 Å². The van der Waals surface area contributed by atoms with Crippen molar-refractivity contribution in [3.8, 4) is 0 Å². The van der Waals surface area contributed by atoms with Gasteiger partial charge in [0.15, 0.2) is 0 Å². The van der Waals surface area contributed by atoms with Gasteiger partial charge >= 0.3 is 0 Å². The molecule has 0 aliphatic rings. The molecule has 0 saturated heterocycles. The van der Waals surface area contributed by atoms with Crippen molar-refractivity contribution in [2.75, 3.05) is 0 Å². The molecule has 0 nitrogen and oxygen atoms in total. The van der Waals surface area contributed by atoms with Crippen LogP contribution in [0.1, 0.15) is 0 Å². The number of halogens is 2. The van der Waals surface area contributed by atoms with Crippen LogP contribution in [0.3, 0.4) is 0 Å². The fraction of sp³-hybridized carbons (Fsp3) is 0. The van der Waals surface area contributed by atoms with Gasteiger partial charge in [0.2, 0.25) is 0 Å². The Labute approximate surface area is 196 Å². The van der Waals surface area contributed by atoms with E-state index in [0.29, 0.717) is 10.0 Å². The van der Waals surface area contributed by atoms with Crippen molar-refractivity contribution in [2.45, 2.75) is 0 Å². The Bertz CT molecular complexity index is 821. The second-order valence-corrected chi connectivity index (χ2v) is 8.32. The number of hydrogen-bond acceptors (Lipinski definition) is 0. The molecular weight excluding hydrogens is 528 g/mol. The molecule has 0 saturated carbocycles. The van der Waals surface area contributed by atoms with E-state index in [1.807, 2.05) is 54.6 Å². The van der Waals surface area contributed by atoms with Crippen molar-refractivity contribution in [1.82, 2.24) is 0 Å². The summed E-state index contributed by atoms with van der Waals surface area (Å²) in [6, 6.07) is 34.8. The van der Waals surface area contributed by atoms with Crippen LogP contribution in [-0.2, 0) is 37.5 Å². The van der Waals surface area contributed by atoms with Gasteiger partial charge in [0.25, 0.3) is 0 Å². The molecule has 4 aromatic carbocycles. The summed E-state index contributed by atoms with van der Waals surface area (Å²) in [4.78, 5) is 0. The van der Waals surface area contributed by atoms with Crippen molar-refractivity contribution < 1.29 is 37.5 Å². The molecule has 27 heavy (non-hydrogen) atoms. The fourth-order valence-corrected chi connectivity index (χ4v) is 5.44. The zero-order chi connectivity index (χ0) is 17.5. The third kappa shape index (κ3) is 6.71. The van der Waals surface area contributed by atoms with Crippen molar-refractivity contribution in [2.24, 2.45) is 0 Å². The minimum absolute atomic E-state index is 0. The molecule has 5 heteroatoms. The van der Waals surface area contributed by atoms with Gasteiger partial charge in [-0.1, -0.05) is 78.6 Å². The monoisotopic (exact) mass is 544 g/mol. The maximum absolute atomic E-state index is 6.39. The van der Waals surface area contributed by atoms with Gasteiger partial charge in [-0.2, -0.15) is 17.7 Å². The van der Waals surface area contributed by atoms with Gasteiger partial charge in [-0.3, -0.25) is 0 Å². The summed E-state index contributed by atoms with van der Waals surface area (Å²) in [6.45, 7) is 0. The fourth-order valence-electron chi connectivity index (χ4n) is 2.50. The molecule has 0 unspecified atom stereocenters. The second-order valence-electron chi connectivity index (χ2n) is 5.35. The van der Waals surface area contributed by atoms with Crippen molar-refractivity contribution in [1.29, 1.82) is 0 Å². The Morgan fingerprint density at radius 3 is 1.44 bits per heavy atom. The topological polar surface area (TPSA) is 0 Å². The standard InChI is InChI=1S/C17H12Cl2P.C5H5.Fe.Pd/c18-15-11-12-16(17(15)19)20(13-7-3-1-4-8-13)14-9-5-2-6-10-14;1-2-4-5-3-1;;/h1-12H;1-5H;;/q-1;-5;;. The van der Waals surface area contributed by atoms with Crippen molar-refractivity contribution >= 4 is 47.0 Å². The summed E-state index contributed by atoms with van der Waals surface area (Å²) in [6.07, 6.45) is 0. The zero-order valence-electron chi connectivity index (χ0n) is 14.2. The minimum atomic E-state index is -0.662. The van der Waals surface area contributed by atoms with E-state index in [4.69, 9.17) is 23.2 Å². The van der Waals surface area contributed by atoms with Crippen LogP contribution < -0.4 is 15.9 Å². The summed E-state index contributed by atoms with van der Waals surface area (Å²) in [5.41, 5.74) is 0. The molecule has 0 fully saturated rings. The van der Waals surface area contributed by atoms with Gasteiger partial charge in [0, 0.05) is 37.5 Å². The van der Waals surface area contributed by atoms with Gasteiger partial charge in [-0.25, -0.2) is 6.07 Å². The summed E-state index contributed by atoms with van der Waals surface area (Å²) in [5.74, 6) is 0. The number of benzene rings is 2. The van der Waals surface area contributed by atoms with E-state index in [2.05, 4.69) is 48.5 Å². The molecule has 0 radical (unpaired) electrons. The van der Waals surface area contributed by atoms with Gasteiger partial charge < -0.3 is 30.3 Å². The molecule has 0 amide bonds. The number of rotatable bonds is 3. The maximum Gasteiger partial charge on any atom is 0 e.